The van der Waals surface area contributed by atoms with Crippen molar-refractivity contribution in [3.05, 3.63) is 88.1 Å². The minimum atomic E-state index is 0. The maximum atomic E-state index is 4.48. The Bertz CT molecular complexity index is 654. The number of rotatable bonds is 5. The molecule has 1 nitrogen and oxygen atoms in total. The first kappa shape index (κ1) is 20.0. The van der Waals surface area contributed by atoms with Gasteiger partial charge >= 0.3 is 133 Å². The molecule has 0 radical (unpaired) electrons. The number of benzene rings is 1. The van der Waals surface area contributed by atoms with E-state index in [1.807, 2.05) is 12.3 Å². The monoisotopic (exact) mass is 385 g/mol. The molecule has 0 saturated carbocycles. The van der Waals surface area contributed by atoms with E-state index in [0.717, 1.165) is 12.8 Å². The van der Waals surface area contributed by atoms with E-state index < -0.39 is 0 Å². The van der Waals surface area contributed by atoms with Gasteiger partial charge in [0.15, 0.2) is 0 Å². The van der Waals surface area contributed by atoms with Crippen LogP contribution in [0.3, 0.4) is 0 Å². The summed E-state index contributed by atoms with van der Waals surface area (Å²) >= 11 is 0.489. The molecule has 122 valence electrons. The molecule has 3 rings (SSSR count). The average molecular weight is 386 g/mol. The van der Waals surface area contributed by atoms with Crippen LogP contribution in [0.2, 0.25) is 0 Å². The van der Waals surface area contributed by atoms with Crippen LogP contribution in [0.4, 0.5) is 0 Å². The third-order valence-corrected chi connectivity index (χ3v) is 5.44. The summed E-state index contributed by atoms with van der Waals surface area (Å²) in [6.45, 7) is 2.29. The van der Waals surface area contributed by atoms with E-state index >= 15 is 0 Å². The van der Waals surface area contributed by atoms with E-state index in [0.29, 0.717) is 20.0 Å². The summed E-state index contributed by atoms with van der Waals surface area (Å²) in [5, 5.41) is 0. The fourth-order valence-electron chi connectivity index (χ4n) is 2.50. The SMILES string of the molecule is C[CH]([Cr][C]1=CC(Cc2ccccc2)=CC1)c1ccccn1.Cl.Cl. The molecule has 1 aromatic heterocycles. The summed E-state index contributed by atoms with van der Waals surface area (Å²) in [5.74, 6) is 0. The summed E-state index contributed by atoms with van der Waals surface area (Å²) in [5.41, 5.74) is 4.08. The van der Waals surface area contributed by atoms with Crippen LogP contribution in [0.1, 0.15) is 29.4 Å². The Balaban J connectivity index is 0.00000132. The number of aromatic nitrogens is 1. The van der Waals surface area contributed by atoms with E-state index in [9.17, 15) is 0 Å². The van der Waals surface area contributed by atoms with Crippen molar-refractivity contribution in [3.8, 4) is 0 Å². The van der Waals surface area contributed by atoms with Gasteiger partial charge in [0.1, 0.15) is 0 Å². The molecule has 1 aromatic carbocycles. The number of allylic oxidation sites excluding steroid dienone is 4. The summed E-state index contributed by atoms with van der Waals surface area (Å²) in [6.07, 6.45) is 8.86. The van der Waals surface area contributed by atoms with Crippen LogP contribution in [0.25, 0.3) is 0 Å². The first-order valence-corrected chi connectivity index (χ1v) is 8.70. The van der Waals surface area contributed by atoms with Crippen molar-refractivity contribution in [3.63, 3.8) is 0 Å². The second kappa shape index (κ2) is 9.96. The fourth-order valence-corrected chi connectivity index (χ4v) is 4.24. The number of nitrogens with zero attached hydrogens (tertiary/aromatic N) is 1. The molecular weight excluding hydrogens is 365 g/mol. The van der Waals surface area contributed by atoms with Crippen LogP contribution in [-0.2, 0) is 21.6 Å². The van der Waals surface area contributed by atoms with Crippen LogP contribution in [0.15, 0.2) is 76.9 Å². The van der Waals surface area contributed by atoms with Crippen molar-refractivity contribution in [1.29, 1.82) is 0 Å². The summed E-state index contributed by atoms with van der Waals surface area (Å²) in [4.78, 5) is 4.48. The minimum absolute atomic E-state index is 0. The Kier molecular flexibility index (Phi) is 8.66. The number of hydrogen-bond donors (Lipinski definition) is 0. The molecule has 0 bridgehead atoms. The molecule has 1 atom stereocenters. The molecule has 1 aliphatic carbocycles. The van der Waals surface area contributed by atoms with Gasteiger partial charge in [-0.25, -0.2) is 0 Å². The second-order valence-electron chi connectivity index (χ2n) is 5.27. The van der Waals surface area contributed by atoms with Gasteiger partial charge in [-0.15, -0.1) is 24.8 Å². The van der Waals surface area contributed by atoms with Crippen LogP contribution >= 0.6 is 24.8 Å². The van der Waals surface area contributed by atoms with Gasteiger partial charge in [0.2, 0.25) is 0 Å². The van der Waals surface area contributed by atoms with E-state index in [-0.39, 0.29) is 24.8 Å². The second-order valence-corrected chi connectivity index (χ2v) is 7.56. The van der Waals surface area contributed by atoms with E-state index in [1.165, 1.54) is 16.8 Å². The van der Waals surface area contributed by atoms with Crippen molar-refractivity contribution in [2.24, 2.45) is 0 Å². The van der Waals surface area contributed by atoms with Crippen molar-refractivity contribution < 1.29 is 15.2 Å². The zero-order valence-corrected chi connectivity index (χ0v) is 15.9. The van der Waals surface area contributed by atoms with Gasteiger partial charge in [0.25, 0.3) is 0 Å². The van der Waals surface area contributed by atoms with E-state index in [1.54, 1.807) is 4.44 Å². The van der Waals surface area contributed by atoms with Gasteiger partial charge in [-0.2, -0.15) is 0 Å². The van der Waals surface area contributed by atoms with Gasteiger partial charge in [-0.05, 0) is 0 Å². The summed E-state index contributed by atoms with van der Waals surface area (Å²) < 4.78 is 2.14. The van der Waals surface area contributed by atoms with Gasteiger partial charge in [-0.3, -0.25) is 0 Å². The Morgan fingerprint density at radius 3 is 2.48 bits per heavy atom. The van der Waals surface area contributed by atoms with Crippen molar-refractivity contribution in [2.75, 3.05) is 0 Å². The predicted molar refractivity (Wildman–Crippen MR) is 98.1 cm³/mol. The zero-order valence-electron chi connectivity index (χ0n) is 13.0. The molecule has 0 saturated heterocycles. The molecule has 1 heterocycles. The Morgan fingerprint density at radius 1 is 1.04 bits per heavy atom. The Morgan fingerprint density at radius 2 is 1.78 bits per heavy atom. The Hall–Kier alpha value is -1.04. The zero-order chi connectivity index (χ0) is 14.5. The predicted octanol–water partition coefficient (Wildman–Crippen LogP) is 5.53. The molecule has 0 fully saturated rings. The molecule has 0 N–H and O–H groups in total. The number of hydrogen-bond acceptors (Lipinski definition) is 1. The number of pyridine rings is 1. The fraction of sp³-hybridized carbons (Fsp3) is 0.211. The van der Waals surface area contributed by atoms with Gasteiger partial charge in [-0.1, -0.05) is 0 Å². The van der Waals surface area contributed by atoms with Crippen LogP contribution < -0.4 is 0 Å². The average Bonchev–Trinajstić information content (AvgIpc) is 2.96. The largest absolute Gasteiger partial charge is 0.147 e. The third kappa shape index (κ3) is 5.83. The van der Waals surface area contributed by atoms with Crippen LogP contribution in [0, 0.1) is 0 Å². The van der Waals surface area contributed by atoms with E-state index in [4.69, 9.17) is 0 Å². The van der Waals surface area contributed by atoms with E-state index in [2.05, 4.69) is 66.5 Å². The molecule has 23 heavy (non-hydrogen) atoms. The van der Waals surface area contributed by atoms with Crippen molar-refractivity contribution in [2.45, 2.75) is 24.5 Å². The third-order valence-electron chi connectivity index (χ3n) is 3.60. The number of halogens is 2. The molecule has 0 aliphatic heterocycles. The molecular formula is C19H21Cl2CrN. The van der Waals surface area contributed by atoms with Crippen LogP contribution in [0.5, 0.6) is 0 Å². The normalized spacial score (nSPS) is 14.1. The van der Waals surface area contributed by atoms with Gasteiger partial charge in [0.05, 0.1) is 0 Å². The minimum Gasteiger partial charge on any atom is -0.147 e. The van der Waals surface area contributed by atoms with Crippen LogP contribution in [-0.4, -0.2) is 4.98 Å². The summed E-state index contributed by atoms with van der Waals surface area (Å²) in [7, 11) is 0. The van der Waals surface area contributed by atoms with Crippen molar-refractivity contribution in [1.82, 2.24) is 4.98 Å². The Labute approximate surface area is 157 Å². The molecule has 1 aliphatic rings. The first-order chi connectivity index (χ1) is 10.3. The van der Waals surface area contributed by atoms with Gasteiger partial charge < -0.3 is 0 Å². The molecule has 1 unspecified atom stereocenters. The first-order valence-electron chi connectivity index (χ1n) is 7.32. The molecule has 0 amide bonds. The topological polar surface area (TPSA) is 12.9 Å². The quantitative estimate of drug-likeness (QED) is 0.659. The molecule has 0 spiro atoms. The molecule has 4 heteroatoms. The van der Waals surface area contributed by atoms with Crippen molar-refractivity contribution >= 4 is 24.8 Å². The van der Waals surface area contributed by atoms with Gasteiger partial charge in [0, 0.05) is 0 Å². The maximum Gasteiger partial charge on any atom is -0.147 e. The maximum absolute atomic E-state index is 4.48. The molecule has 2 aromatic rings. The standard InChI is InChI=1S/C12H11.C7H8N.2ClH.Cr/c1-2-6-11(7-3-1)10-12-8-4-5-9-12;1-2-7-5-3-4-6-8-7;;;/h1-3,6-9H,4,10H2;2-6H,1H3;2*1H;. The smallest absolute Gasteiger partial charge is 0.147 e. The summed E-state index contributed by atoms with van der Waals surface area (Å²) in [6, 6.07) is 16.9.